The van der Waals surface area contributed by atoms with Crippen LogP contribution in [0.2, 0.25) is 0 Å². The molecular weight excluding hydrogens is 355 g/mol. The lowest BCUT2D eigenvalue weighted by atomic mass is 9.69. The fraction of sp³-hybridized carbons (Fsp3) is 0.435. The summed E-state index contributed by atoms with van der Waals surface area (Å²) in [7, 11) is 2.10. The van der Waals surface area contributed by atoms with Crippen molar-refractivity contribution in [1.29, 1.82) is 0 Å². The molecule has 0 bridgehead atoms. The monoisotopic (exact) mass is 382 g/mol. The van der Waals surface area contributed by atoms with E-state index in [4.69, 9.17) is 0 Å². The third kappa shape index (κ3) is 3.45. The molecule has 4 rings (SSSR count). The summed E-state index contributed by atoms with van der Waals surface area (Å²) < 4.78 is 13.1. The summed E-state index contributed by atoms with van der Waals surface area (Å²) in [5, 5.41) is 10.0. The number of rotatable bonds is 3. The van der Waals surface area contributed by atoms with Gasteiger partial charge in [0, 0.05) is 30.1 Å². The molecule has 148 valence electrons. The van der Waals surface area contributed by atoms with Gasteiger partial charge < -0.3 is 14.9 Å². The van der Waals surface area contributed by atoms with Crippen molar-refractivity contribution >= 4 is 5.91 Å². The number of hydrogen-bond acceptors (Lipinski definition) is 3. The number of aliphatic hydroxyl groups is 1. The van der Waals surface area contributed by atoms with Crippen LogP contribution in [0.25, 0.3) is 11.1 Å². The first-order valence-corrected chi connectivity index (χ1v) is 9.99. The number of carbonyl (C=O) groups is 1. The second-order valence-electron chi connectivity index (χ2n) is 8.21. The Labute approximate surface area is 165 Å². The summed E-state index contributed by atoms with van der Waals surface area (Å²) in [6, 6.07) is 14.1. The lowest BCUT2D eigenvalue weighted by molar-refractivity contribution is -0.0601. The predicted octanol–water partition coefficient (Wildman–Crippen LogP) is 3.41. The molecule has 2 fully saturated rings. The average Bonchev–Trinajstić information content (AvgIpc) is 2.74. The van der Waals surface area contributed by atoms with Crippen LogP contribution >= 0.6 is 0 Å². The van der Waals surface area contributed by atoms with Crippen LogP contribution in [0.3, 0.4) is 0 Å². The smallest absolute Gasteiger partial charge is 0.253 e. The van der Waals surface area contributed by atoms with Gasteiger partial charge in [-0.15, -0.1) is 0 Å². The van der Waals surface area contributed by atoms with E-state index in [0.717, 1.165) is 36.9 Å². The zero-order valence-corrected chi connectivity index (χ0v) is 16.3. The van der Waals surface area contributed by atoms with Crippen LogP contribution < -0.4 is 0 Å². The van der Waals surface area contributed by atoms with Gasteiger partial charge >= 0.3 is 0 Å². The SMILES string of the molecule is CN1CCC[C@]2(CO)CCN(C(=O)c3ccc(-c4ccc(F)cc4)cc3)C[C@@H]12. The second kappa shape index (κ2) is 7.64. The van der Waals surface area contributed by atoms with Gasteiger partial charge in [-0.1, -0.05) is 24.3 Å². The van der Waals surface area contributed by atoms with Gasteiger partial charge in [-0.2, -0.15) is 0 Å². The zero-order valence-electron chi connectivity index (χ0n) is 16.3. The number of likely N-dealkylation sites (tertiary alicyclic amines) is 2. The highest BCUT2D eigenvalue weighted by molar-refractivity contribution is 5.94. The summed E-state index contributed by atoms with van der Waals surface area (Å²) in [5.41, 5.74) is 2.48. The molecule has 0 aliphatic carbocycles. The first kappa shape index (κ1) is 19.1. The summed E-state index contributed by atoms with van der Waals surface area (Å²) in [4.78, 5) is 17.3. The lowest BCUT2D eigenvalue weighted by Crippen LogP contribution is -2.62. The normalized spacial score (nSPS) is 25.4. The van der Waals surface area contributed by atoms with Crippen molar-refractivity contribution in [3.05, 3.63) is 59.9 Å². The highest BCUT2D eigenvalue weighted by Crippen LogP contribution is 2.41. The van der Waals surface area contributed by atoms with E-state index in [1.807, 2.05) is 29.2 Å². The molecule has 0 unspecified atom stereocenters. The molecule has 2 saturated heterocycles. The highest BCUT2D eigenvalue weighted by Gasteiger charge is 2.47. The van der Waals surface area contributed by atoms with E-state index in [2.05, 4.69) is 11.9 Å². The van der Waals surface area contributed by atoms with Crippen LogP contribution in [0.4, 0.5) is 4.39 Å². The van der Waals surface area contributed by atoms with Crippen LogP contribution in [0.5, 0.6) is 0 Å². The molecule has 2 atom stereocenters. The Morgan fingerprint density at radius 1 is 1.07 bits per heavy atom. The van der Waals surface area contributed by atoms with Crippen molar-refractivity contribution in [2.45, 2.75) is 25.3 Å². The number of aliphatic hydroxyl groups excluding tert-OH is 1. The lowest BCUT2D eigenvalue weighted by Gasteiger charge is -2.53. The number of carbonyl (C=O) groups excluding carboxylic acids is 1. The third-order valence-electron chi connectivity index (χ3n) is 6.61. The largest absolute Gasteiger partial charge is 0.396 e. The van der Waals surface area contributed by atoms with Gasteiger partial charge in [0.2, 0.25) is 0 Å². The van der Waals surface area contributed by atoms with E-state index in [1.165, 1.54) is 12.1 Å². The summed E-state index contributed by atoms with van der Waals surface area (Å²) in [5.74, 6) is -0.219. The fourth-order valence-corrected chi connectivity index (χ4v) is 4.83. The van der Waals surface area contributed by atoms with Gasteiger partial charge in [-0.05, 0) is 68.2 Å². The molecule has 0 aromatic heterocycles. The summed E-state index contributed by atoms with van der Waals surface area (Å²) in [6.07, 6.45) is 2.98. The van der Waals surface area contributed by atoms with Crippen molar-refractivity contribution in [2.24, 2.45) is 5.41 Å². The van der Waals surface area contributed by atoms with Gasteiger partial charge in [-0.25, -0.2) is 4.39 Å². The number of fused-ring (bicyclic) bond motifs is 1. The molecule has 4 nitrogen and oxygen atoms in total. The number of nitrogens with zero attached hydrogens (tertiary/aromatic N) is 2. The van der Waals surface area contributed by atoms with Crippen molar-refractivity contribution in [3.8, 4) is 11.1 Å². The van der Waals surface area contributed by atoms with E-state index in [9.17, 15) is 14.3 Å². The van der Waals surface area contributed by atoms with Crippen molar-refractivity contribution in [2.75, 3.05) is 33.3 Å². The fourth-order valence-electron chi connectivity index (χ4n) is 4.83. The van der Waals surface area contributed by atoms with E-state index >= 15 is 0 Å². The summed E-state index contributed by atoms with van der Waals surface area (Å²) >= 11 is 0. The van der Waals surface area contributed by atoms with Gasteiger partial charge in [0.15, 0.2) is 0 Å². The Balaban J connectivity index is 1.49. The topological polar surface area (TPSA) is 43.8 Å². The van der Waals surface area contributed by atoms with E-state index < -0.39 is 0 Å². The van der Waals surface area contributed by atoms with Crippen LogP contribution in [0, 0.1) is 11.2 Å². The minimum absolute atomic E-state index is 0.0381. The maximum Gasteiger partial charge on any atom is 0.253 e. The average molecular weight is 382 g/mol. The van der Waals surface area contributed by atoms with E-state index in [0.29, 0.717) is 18.7 Å². The van der Waals surface area contributed by atoms with Crippen LogP contribution in [0.15, 0.2) is 48.5 Å². The molecule has 1 amide bonds. The minimum Gasteiger partial charge on any atom is -0.396 e. The highest BCUT2D eigenvalue weighted by atomic mass is 19.1. The standard InChI is InChI=1S/C23H27FN2O2/c1-25-13-2-11-23(16-27)12-14-26(15-21(23)25)22(28)19-5-3-17(4-6-19)18-7-9-20(24)10-8-18/h3-10,21,27H,2,11-16H2,1H3/t21-,23-/m1/s1. The van der Waals surface area contributed by atoms with Gasteiger partial charge in [-0.3, -0.25) is 4.79 Å². The first-order valence-electron chi connectivity index (χ1n) is 9.99. The van der Waals surface area contributed by atoms with E-state index in [1.54, 1.807) is 12.1 Å². The maximum atomic E-state index is 13.1. The quantitative estimate of drug-likeness (QED) is 0.885. The Hall–Kier alpha value is -2.24. The number of benzene rings is 2. The molecule has 1 N–H and O–H groups in total. The molecular formula is C23H27FN2O2. The molecule has 2 aliphatic rings. The first-order chi connectivity index (χ1) is 13.5. The number of piperidine rings is 2. The predicted molar refractivity (Wildman–Crippen MR) is 108 cm³/mol. The number of hydrogen-bond donors (Lipinski definition) is 1. The Morgan fingerprint density at radius 2 is 1.71 bits per heavy atom. The van der Waals surface area contributed by atoms with Crippen molar-refractivity contribution < 1.29 is 14.3 Å². The molecule has 0 saturated carbocycles. The van der Waals surface area contributed by atoms with Crippen LogP contribution in [-0.2, 0) is 0 Å². The van der Waals surface area contributed by atoms with Gasteiger partial charge in [0.25, 0.3) is 5.91 Å². The number of halogens is 1. The molecule has 0 radical (unpaired) electrons. The summed E-state index contributed by atoms with van der Waals surface area (Å²) in [6.45, 7) is 2.55. The molecule has 2 aromatic carbocycles. The molecule has 0 spiro atoms. The third-order valence-corrected chi connectivity index (χ3v) is 6.61. The maximum absolute atomic E-state index is 13.1. The van der Waals surface area contributed by atoms with Crippen LogP contribution in [0.1, 0.15) is 29.6 Å². The van der Waals surface area contributed by atoms with Gasteiger partial charge in [0.05, 0.1) is 6.61 Å². The van der Waals surface area contributed by atoms with E-state index in [-0.39, 0.29) is 29.8 Å². The molecule has 2 aliphatic heterocycles. The number of likely N-dealkylation sites (N-methyl/N-ethyl adjacent to an activating group) is 1. The second-order valence-corrected chi connectivity index (χ2v) is 8.21. The number of amides is 1. The minimum atomic E-state index is -0.257. The van der Waals surface area contributed by atoms with Crippen molar-refractivity contribution in [1.82, 2.24) is 9.80 Å². The molecule has 2 aromatic rings. The zero-order chi connectivity index (χ0) is 19.7. The van der Waals surface area contributed by atoms with Gasteiger partial charge in [0.1, 0.15) is 5.82 Å². The molecule has 2 heterocycles. The Morgan fingerprint density at radius 3 is 2.36 bits per heavy atom. The van der Waals surface area contributed by atoms with Crippen molar-refractivity contribution in [3.63, 3.8) is 0 Å². The molecule has 28 heavy (non-hydrogen) atoms. The Kier molecular flexibility index (Phi) is 5.21. The Bertz CT molecular complexity index is 837. The molecule has 5 heteroatoms. The van der Waals surface area contributed by atoms with Crippen LogP contribution in [-0.4, -0.2) is 60.1 Å².